The van der Waals surface area contributed by atoms with E-state index in [-0.39, 0.29) is 0 Å². The van der Waals surface area contributed by atoms with E-state index in [1.807, 2.05) is 0 Å². The number of hydrogen-bond acceptors (Lipinski definition) is 4. The molecule has 5 nitrogen and oxygen atoms in total. The van der Waals surface area contributed by atoms with Crippen molar-refractivity contribution in [3.05, 3.63) is 11.6 Å². The van der Waals surface area contributed by atoms with Crippen molar-refractivity contribution in [3.63, 3.8) is 0 Å². The largest absolute Gasteiger partial charge is 0.377 e. The van der Waals surface area contributed by atoms with Crippen LogP contribution in [0.25, 0.3) is 0 Å². The molecule has 2 atom stereocenters. The van der Waals surface area contributed by atoms with Gasteiger partial charge >= 0.3 is 0 Å². The van der Waals surface area contributed by atoms with Gasteiger partial charge in [0.1, 0.15) is 11.6 Å². The van der Waals surface area contributed by atoms with Gasteiger partial charge in [-0.1, -0.05) is 6.92 Å². The number of nitrogens with one attached hydrogen (secondary N) is 1. The number of nitrogens with zero attached hydrogens (tertiary/aromatic N) is 3. The lowest BCUT2D eigenvalue weighted by atomic mass is 9.98. The molecule has 0 spiro atoms. The molecule has 0 bridgehead atoms. The van der Waals surface area contributed by atoms with Crippen LogP contribution in [0.4, 0.5) is 0 Å². The summed E-state index contributed by atoms with van der Waals surface area (Å²) in [4.78, 5) is 0. The van der Waals surface area contributed by atoms with Crippen LogP contribution in [0.1, 0.15) is 37.3 Å². The van der Waals surface area contributed by atoms with Crippen LogP contribution in [-0.2, 0) is 17.8 Å². The van der Waals surface area contributed by atoms with Crippen LogP contribution in [0.5, 0.6) is 0 Å². The maximum Gasteiger partial charge on any atom is 0.147 e. The van der Waals surface area contributed by atoms with Crippen LogP contribution in [0.2, 0.25) is 0 Å². The van der Waals surface area contributed by atoms with Gasteiger partial charge in [0.15, 0.2) is 0 Å². The third kappa shape index (κ3) is 1.55. The summed E-state index contributed by atoms with van der Waals surface area (Å²) in [5, 5.41) is 12.0. The predicted octanol–water partition coefficient (Wildman–Crippen LogP) is 0.664. The summed E-state index contributed by atoms with van der Waals surface area (Å²) in [6.07, 6.45) is 2.48. The summed E-state index contributed by atoms with van der Waals surface area (Å²) in [6.45, 7) is 5.89. The van der Waals surface area contributed by atoms with Crippen molar-refractivity contribution in [1.82, 2.24) is 20.1 Å². The van der Waals surface area contributed by atoms with Crippen molar-refractivity contribution in [2.45, 2.75) is 44.9 Å². The Morgan fingerprint density at radius 2 is 2.44 bits per heavy atom. The molecule has 0 aliphatic carbocycles. The first-order chi connectivity index (χ1) is 7.90. The van der Waals surface area contributed by atoms with Crippen molar-refractivity contribution < 1.29 is 4.74 Å². The Hall–Kier alpha value is -0.940. The fourth-order valence-electron chi connectivity index (χ4n) is 2.74. The average Bonchev–Trinajstić information content (AvgIpc) is 2.94. The first-order valence-corrected chi connectivity index (χ1v) is 6.14. The summed E-state index contributed by atoms with van der Waals surface area (Å²) < 4.78 is 8.01. The Morgan fingerprint density at radius 3 is 3.31 bits per heavy atom. The number of aromatic nitrogens is 3. The molecule has 3 rings (SSSR count). The highest BCUT2D eigenvalue weighted by Gasteiger charge is 2.33. The Morgan fingerprint density at radius 1 is 1.50 bits per heavy atom. The Bertz CT molecular complexity index is 376. The van der Waals surface area contributed by atoms with Gasteiger partial charge in [0.05, 0.1) is 12.6 Å². The zero-order chi connectivity index (χ0) is 11.0. The highest BCUT2D eigenvalue weighted by atomic mass is 16.5. The molecule has 2 unspecified atom stereocenters. The molecular formula is C11H18N4O. The highest BCUT2D eigenvalue weighted by molar-refractivity contribution is 5.07. The predicted molar refractivity (Wildman–Crippen MR) is 59.1 cm³/mol. The molecule has 0 amide bonds. The molecule has 1 saturated heterocycles. The molecule has 5 heteroatoms. The van der Waals surface area contributed by atoms with Crippen LogP contribution in [0.15, 0.2) is 0 Å². The van der Waals surface area contributed by atoms with Gasteiger partial charge in [0.25, 0.3) is 0 Å². The number of hydrogen-bond donors (Lipinski definition) is 1. The topological polar surface area (TPSA) is 52.0 Å². The zero-order valence-electron chi connectivity index (χ0n) is 9.65. The van der Waals surface area contributed by atoms with Gasteiger partial charge in [0, 0.05) is 25.6 Å². The summed E-state index contributed by atoms with van der Waals surface area (Å²) in [7, 11) is 0. The van der Waals surface area contributed by atoms with Gasteiger partial charge in [-0.15, -0.1) is 10.2 Å². The van der Waals surface area contributed by atoms with Gasteiger partial charge < -0.3 is 14.6 Å². The third-order valence-corrected chi connectivity index (χ3v) is 3.59. The van der Waals surface area contributed by atoms with Gasteiger partial charge in [-0.05, 0) is 12.8 Å². The van der Waals surface area contributed by atoms with E-state index >= 15 is 0 Å². The first kappa shape index (κ1) is 10.2. The lowest BCUT2D eigenvalue weighted by Gasteiger charge is -2.20. The number of fused-ring (bicyclic) bond motifs is 1. The summed E-state index contributed by atoms with van der Waals surface area (Å²) in [6, 6.07) is 0. The molecule has 88 valence electrons. The lowest BCUT2D eigenvalue weighted by Crippen LogP contribution is -2.30. The lowest BCUT2D eigenvalue weighted by molar-refractivity contribution is 0.0987. The van der Waals surface area contributed by atoms with E-state index < -0.39 is 0 Å². The first-order valence-electron chi connectivity index (χ1n) is 6.14. The molecule has 1 N–H and O–H groups in total. The van der Waals surface area contributed by atoms with E-state index in [9.17, 15) is 0 Å². The maximum absolute atomic E-state index is 5.73. The normalized spacial score (nSPS) is 29.3. The minimum Gasteiger partial charge on any atom is -0.377 e. The van der Waals surface area contributed by atoms with Crippen molar-refractivity contribution in [1.29, 1.82) is 0 Å². The minimum atomic E-state index is 0.336. The van der Waals surface area contributed by atoms with Gasteiger partial charge in [-0.2, -0.15) is 0 Å². The fraction of sp³-hybridized carbons (Fsp3) is 0.818. The van der Waals surface area contributed by atoms with Gasteiger partial charge in [0.2, 0.25) is 0 Å². The van der Waals surface area contributed by atoms with Crippen LogP contribution in [0.3, 0.4) is 0 Å². The Labute approximate surface area is 95.2 Å². The second-order valence-corrected chi connectivity index (χ2v) is 4.52. The van der Waals surface area contributed by atoms with Crippen LogP contribution >= 0.6 is 0 Å². The molecule has 0 radical (unpaired) electrons. The zero-order valence-corrected chi connectivity index (χ0v) is 9.65. The second-order valence-electron chi connectivity index (χ2n) is 4.52. The van der Waals surface area contributed by atoms with Crippen molar-refractivity contribution >= 4 is 0 Å². The third-order valence-electron chi connectivity index (χ3n) is 3.59. The quantitative estimate of drug-likeness (QED) is 0.799. The SMILES string of the molecule is CCC1OCCC1c1nnc2n1CCNC2. The van der Waals surface area contributed by atoms with E-state index in [0.717, 1.165) is 50.7 Å². The minimum absolute atomic E-state index is 0.336. The average molecular weight is 222 g/mol. The Kier molecular flexibility index (Phi) is 2.65. The van der Waals surface area contributed by atoms with E-state index in [4.69, 9.17) is 4.74 Å². The van der Waals surface area contributed by atoms with Crippen molar-refractivity contribution in [2.24, 2.45) is 0 Å². The monoisotopic (exact) mass is 222 g/mol. The van der Waals surface area contributed by atoms with E-state index in [0.29, 0.717) is 12.0 Å². The Balaban J connectivity index is 1.91. The molecule has 1 aromatic rings. The summed E-state index contributed by atoms with van der Waals surface area (Å²) in [5.74, 6) is 2.66. The smallest absolute Gasteiger partial charge is 0.147 e. The van der Waals surface area contributed by atoms with Crippen LogP contribution in [-0.4, -0.2) is 34.0 Å². The molecule has 2 aliphatic rings. The molecule has 16 heavy (non-hydrogen) atoms. The van der Waals surface area contributed by atoms with Crippen molar-refractivity contribution in [3.8, 4) is 0 Å². The second kappa shape index (κ2) is 4.14. The number of rotatable bonds is 2. The van der Waals surface area contributed by atoms with Gasteiger partial charge in [-0.25, -0.2) is 0 Å². The van der Waals surface area contributed by atoms with Crippen molar-refractivity contribution in [2.75, 3.05) is 13.2 Å². The molecule has 1 aromatic heterocycles. The van der Waals surface area contributed by atoms with Gasteiger partial charge in [-0.3, -0.25) is 0 Å². The van der Waals surface area contributed by atoms with E-state index in [2.05, 4.69) is 27.0 Å². The molecule has 2 aliphatic heterocycles. The summed E-state index contributed by atoms with van der Waals surface area (Å²) in [5.41, 5.74) is 0. The molecule has 3 heterocycles. The highest BCUT2D eigenvalue weighted by Crippen LogP contribution is 2.32. The van der Waals surface area contributed by atoms with Crippen LogP contribution in [0, 0.1) is 0 Å². The summed E-state index contributed by atoms with van der Waals surface area (Å²) >= 11 is 0. The number of ether oxygens (including phenoxy) is 1. The maximum atomic E-state index is 5.73. The molecule has 1 fully saturated rings. The van der Waals surface area contributed by atoms with Crippen LogP contribution < -0.4 is 5.32 Å². The van der Waals surface area contributed by atoms with E-state index in [1.165, 1.54) is 0 Å². The fourth-order valence-corrected chi connectivity index (χ4v) is 2.74. The standard InChI is InChI=1S/C11H18N4O/c1-2-9-8(3-6-16-9)11-14-13-10-7-12-4-5-15(10)11/h8-9,12H,2-7H2,1H3. The van der Waals surface area contributed by atoms with E-state index in [1.54, 1.807) is 0 Å². The molecular weight excluding hydrogens is 204 g/mol. The molecule has 0 saturated carbocycles. The molecule has 0 aromatic carbocycles.